The molecule has 0 saturated heterocycles. The van der Waals surface area contributed by atoms with Gasteiger partial charge >= 0.3 is 0 Å². The molecule has 0 saturated carbocycles. The lowest BCUT2D eigenvalue weighted by Gasteiger charge is -2.12. The minimum absolute atomic E-state index is 0.423. The monoisotopic (exact) mass is 767 g/mol. The van der Waals surface area contributed by atoms with Crippen LogP contribution in [0.1, 0.15) is 133 Å². The Balaban J connectivity index is 0.000000632. The minimum Gasteiger partial charge on any atom is -0.291 e. The number of rotatable bonds is 0. The van der Waals surface area contributed by atoms with Gasteiger partial charge in [0.05, 0.1) is 0 Å². The average Bonchev–Trinajstić information content (AvgIpc) is 4.03. The van der Waals surface area contributed by atoms with Crippen LogP contribution in [-0.2, 0) is 6.67 Å². The lowest BCUT2D eigenvalue weighted by Crippen LogP contribution is -2.32. The molecule has 10 rings (SSSR count). The van der Waals surface area contributed by atoms with E-state index in [0.29, 0.717) is 30.0 Å². The van der Waals surface area contributed by atoms with Gasteiger partial charge < -0.3 is 0 Å². The smallest absolute Gasteiger partial charge is 0.164 e. The summed E-state index contributed by atoms with van der Waals surface area (Å²) in [5, 5.41) is 4.02. The number of hydrogen-bond acceptors (Lipinski definition) is 6. The summed E-state index contributed by atoms with van der Waals surface area (Å²) < 4.78 is 4.31. The fraction of sp³-hybridized carbons (Fsp3) is 0.347. The molecule has 0 unspecified atom stereocenters. The van der Waals surface area contributed by atoms with E-state index in [2.05, 4.69) is 57.7 Å². The maximum absolute atomic E-state index is 5.22. The number of benzene rings is 4. The molecule has 8 heteroatoms. The molecule has 4 aromatic carbocycles. The van der Waals surface area contributed by atoms with Gasteiger partial charge in [-0.3, -0.25) is 9.13 Å². The van der Waals surface area contributed by atoms with Crippen LogP contribution in [0.2, 0.25) is 0 Å². The zero-order chi connectivity index (χ0) is 42.7. The van der Waals surface area contributed by atoms with Gasteiger partial charge in [0.1, 0.15) is 29.3 Å². The van der Waals surface area contributed by atoms with Gasteiger partial charge in [-0.15, -0.1) is 0 Å². The molecule has 0 spiro atoms. The van der Waals surface area contributed by atoms with Crippen molar-refractivity contribution in [3.8, 4) is 0 Å². The Morgan fingerprint density at radius 2 is 0.561 bits per heavy atom. The Morgan fingerprint density at radius 3 is 0.877 bits per heavy atom. The van der Waals surface area contributed by atoms with Crippen molar-refractivity contribution in [2.24, 2.45) is 30.0 Å². The van der Waals surface area contributed by atoms with Crippen LogP contribution in [-0.4, -0.2) is 32.5 Å². The molecule has 0 aliphatic carbocycles. The molecule has 6 heterocycles. The Bertz CT molecular complexity index is 2290. The van der Waals surface area contributed by atoms with Crippen LogP contribution in [0.4, 0.5) is 11.6 Å². The van der Waals surface area contributed by atoms with E-state index in [1.165, 1.54) is 0 Å². The van der Waals surface area contributed by atoms with Gasteiger partial charge in [0, 0.05) is 43.8 Å². The van der Waals surface area contributed by atoms with Crippen LogP contribution in [0.5, 0.6) is 0 Å². The number of aromatic nitrogens is 2. The molecule has 4 aliphatic rings. The topological polar surface area (TPSA) is 84.0 Å². The van der Waals surface area contributed by atoms with Crippen LogP contribution in [0.15, 0.2) is 127 Å². The second kappa shape index (κ2) is 24.0. The number of fused-ring (bicyclic) bond motifs is 14. The molecule has 0 fully saturated rings. The lowest BCUT2D eigenvalue weighted by molar-refractivity contribution is 0.584. The third kappa shape index (κ3) is 8.96. The highest BCUT2D eigenvalue weighted by atomic mass is 15.3. The maximum Gasteiger partial charge on any atom is 0.164 e. The first-order valence-corrected chi connectivity index (χ1v) is 21.5. The van der Waals surface area contributed by atoms with Gasteiger partial charge in [0.25, 0.3) is 0 Å². The molecule has 6 bridgehead atoms. The SMILES string of the molecule is CC.CC.CC.CC.CC.CC.CC.CC.c1ccc2c(c1)C1=NC2=Nc2c3ccccc3c3n2Cn2c(c4ccccc4c2=NC2=NC(=N3)c3ccccc32)=N1. The summed E-state index contributed by atoms with van der Waals surface area (Å²) in [6, 6.07) is 32.9. The van der Waals surface area contributed by atoms with Gasteiger partial charge in [-0.25, -0.2) is 30.0 Å². The first-order valence-electron chi connectivity index (χ1n) is 21.5. The molecule has 0 amide bonds. The Morgan fingerprint density at radius 1 is 0.298 bits per heavy atom. The minimum atomic E-state index is 0.423. The normalized spacial score (nSPS) is 12.1. The highest BCUT2D eigenvalue weighted by Gasteiger charge is 2.29. The average molecular weight is 767 g/mol. The van der Waals surface area contributed by atoms with E-state index < -0.39 is 0 Å². The van der Waals surface area contributed by atoms with Crippen LogP contribution in [0.3, 0.4) is 0 Å². The molecule has 0 radical (unpaired) electrons. The summed E-state index contributed by atoms with van der Waals surface area (Å²) in [7, 11) is 0. The van der Waals surface area contributed by atoms with Crippen molar-refractivity contribution in [2.45, 2.75) is 117 Å². The number of amidine groups is 4. The molecular formula is C49H66N8. The second-order valence-electron chi connectivity index (χ2n) is 10.4. The van der Waals surface area contributed by atoms with Crippen LogP contribution < -0.4 is 11.0 Å². The van der Waals surface area contributed by atoms with Gasteiger partial charge in [0.2, 0.25) is 0 Å². The summed E-state index contributed by atoms with van der Waals surface area (Å²) in [5.41, 5.74) is 5.45. The van der Waals surface area contributed by atoms with Crippen molar-refractivity contribution >= 4 is 56.5 Å². The van der Waals surface area contributed by atoms with E-state index in [-0.39, 0.29) is 0 Å². The molecule has 302 valence electrons. The molecule has 2 aromatic heterocycles. The first kappa shape index (κ1) is 47.4. The number of aliphatic imine (C=N–C) groups is 4. The van der Waals surface area contributed by atoms with Crippen LogP contribution in [0.25, 0.3) is 21.5 Å². The highest BCUT2D eigenvalue weighted by Crippen LogP contribution is 2.40. The standard InChI is InChI=1S/C33H18N8.8C2H6/c1-2-10-19-18(9-1)26-34-27(19)37-31-24-15-7-8-16-25(24)33-39-29-21-12-4-3-11-20(21)28(35-29)38-32-23-14-6-5-13-22(23)30(36-26)40(32)17-41(31)33;8*1-2/h1-16H,17H2;8*1-2H3. The highest BCUT2D eigenvalue weighted by molar-refractivity contribution is 6.25. The zero-order valence-corrected chi connectivity index (χ0v) is 37.5. The van der Waals surface area contributed by atoms with E-state index >= 15 is 0 Å². The summed E-state index contributed by atoms with van der Waals surface area (Å²) >= 11 is 0. The van der Waals surface area contributed by atoms with Crippen LogP contribution in [0, 0.1) is 0 Å². The van der Waals surface area contributed by atoms with Crippen molar-refractivity contribution in [3.63, 3.8) is 0 Å². The van der Waals surface area contributed by atoms with Crippen LogP contribution >= 0.6 is 0 Å². The van der Waals surface area contributed by atoms with E-state index in [4.69, 9.17) is 30.0 Å². The largest absolute Gasteiger partial charge is 0.291 e. The van der Waals surface area contributed by atoms with E-state index in [0.717, 1.165) is 66.4 Å². The molecule has 0 N–H and O–H groups in total. The van der Waals surface area contributed by atoms with Gasteiger partial charge in [-0.05, 0) is 0 Å². The maximum atomic E-state index is 5.22. The fourth-order valence-corrected chi connectivity index (χ4v) is 6.35. The summed E-state index contributed by atoms with van der Waals surface area (Å²) in [4.78, 5) is 30.9. The van der Waals surface area contributed by atoms with Gasteiger partial charge in [0.15, 0.2) is 23.3 Å². The Hall–Kier alpha value is -5.76. The third-order valence-corrected chi connectivity index (χ3v) is 8.21. The molecule has 4 aliphatic heterocycles. The van der Waals surface area contributed by atoms with Gasteiger partial charge in [-0.2, -0.15) is 0 Å². The van der Waals surface area contributed by atoms with Crippen molar-refractivity contribution in [1.82, 2.24) is 9.13 Å². The lowest BCUT2D eigenvalue weighted by atomic mass is 10.1. The quantitative estimate of drug-likeness (QED) is 0.147. The van der Waals surface area contributed by atoms with E-state index in [9.17, 15) is 0 Å². The predicted octanol–water partition coefficient (Wildman–Crippen LogP) is 13.3. The van der Waals surface area contributed by atoms with E-state index in [1.54, 1.807) is 0 Å². The summed E-state index contributed by atoms with van der Waals surface area (Å²) in [5.74, 6) is 4.18. The molecular weight excluding hydrogens is 701 g/mol. The predicted molar refractivity (Wildman–Crippen MR) is 251 cm³/mol. The molecule has 6 aromatic rings. The number of nitrogens with zero attached hydrogens (tertiary/aromatic N) is 8. The Labute approximate surface area is 342 Å². The zero-order valence-electron chi connectivity index (χ0n) is 37.5. The second-order valence-corrected chi connectivity index (χ2v) is 10.4. The van der Waals surface area contributed by atoms with Gasteiger partial charge in [-0.1, -0.05) is 208 Å². The first-order chi connectivity index (χ1) is 28.3. The molecule has 0 atom stereocenters. The Kier molecular flexibility index (Phi) is 20.0. The van der Waals surface area contributed by atoms with Crippen molar-refractivity contribution in [2.75, 3.05) is 0 Å². The number of hydrogen-bond donors (Lipinski definition) is 0. The van der Waals surface area contributed by atoms with Crippen molar-refractivity contribution < 1.29 is 0 Å². The van der Waals surface area contributed by atoms with Crippen molar-refractivity contribution in [3.05, 3.63) is 130 Å². The molecule has 8 nitrogen and oxygen atoms in total. The van der Waals surface area contributed by atoms with Crippen molar-refractivity contribution in [1.29, 1.82) is 0 Å². The fourth-order valence-electron chi connectivity index (χ4n) is 6.35. The summed E-state index contributed by atoms with van der Waals surface area (Å²) in [6.45, 7) is 32.4. The third-order valence-electron chi connectivity index (χ3n) is 8.21. The summed E-state index contributed by atoms with van der Waals surface area (Å²) in [6.07, 6.45) is 0. The molecule has 57 heavy (non-hydrogen) atoms. The van der Waals surface area contributed by atoms with E-state index in [1.807, 2.05) is 159 Å².